The summed E-state index contributed by atoms with van der Waals surface area (Å²) >= 11 is 0. The van der Waals surface area contributed by atoms with Crippen molar-refractivity contribution in [3.63, 3.8) is 0 Å². The Balaban J connectivity index is 1.54. The topological polar surface area (TPSA) is 45.5 Å². The van der Waals surface area contributed by atoms with Crippen LogP contribution in [0.15, 0.2) is 28.9 Å². The Morgan fingerprint density at radius 3 is 3.13 bits per heavy atom. The van der Waals surface area contributed by atoms with Crippen molar-refractivity contribution < 1.29 is 9.21 Å². The number of piperidine rings is 1. The SMILES string of the molecule is CC#Cc1coc2ccc(C(=O)N[C@@H]3C[C@H]4CCN(C4)C3)cc12. The first-order chi connectivity index (χ1) is 11.2. The number of fused-ring (bicyclic) bond motifs is 3. The van der Waals surface area contributed by atoms with E-state index in [1.165, 1.54) is 19.5 Å². The largest absolute Gasteiger partial charge is 0.463 e. The molecule has 1 aromatic carbocycles. The number of hydrogen-bond donors (Lipinski definition) is 1. The fourth-order valence-electron chi connectivity index (χ4n) is 3.83. The van der Waals surface area contributed by atoms with Gasteiger partial charge >= 0.3 is 0 Å². The van der Waals surface area contributed by atoms with Crippen LogP contribution in [-0.4, -0.2) is 36.5 Å². The van der Waals surface area contributed by atoms with Crippen molar-refractivity contribution >= 4 is 16.9 Å². The summed E-state index contributed by atoms with van der Waals surface area (Å²) in [5.74, 6) is 6.64. The Morgan fingerprint density at radius 1 is 1.39 bits per heavy atom. The van der Waals surface area contributed by atoms with Crippen LogP contribution in [0.4, 0.5) is 0 Å². The molecule has 1 amide bonds. The molecule has 23 heavy (non-hydrogen) atoms. The molecule has 1 aromatic heterocycles. The number of amides is 1. The van der Waals surface area contributed by atoms with Gasteiger partial charge in [0.15, 0.2) is 0 Å². The highest BCUT2D eigenvalue weighted by Gasteiger charge is 2.33. The minimum Gasteiger partial charge on any atom is -0.463 e. The second-order valence-electron chi connectivity index (χ2n) is 6.56. The van der Waals surface area contributed by atoms with Crippen molar-refractivity contribution in [3.8, 4) is 11.8 Å². The van der Waals surface area contributed by atoms with Crippen LogP contribution in [0.5, 0.6) is 0 Å². The number of benzene rings is 1. The van der Waals surface area contributed by atoms with E-state index >= 15 is 0 Å². The van der Waals surface area contributed by atoms with Crippen LogP contribution in [0.25, 0.3) is 11.0 Å². The Hall–Kier alpha value is -2.25. The second kappa shape index (κ2) is 5.75. The van der Waals surface area contributed by atoms with Gasteiger partial charge < -0.3 is 14.6 Å². The summed E-state index contributed by atoms with van der Waals surface area (Å²) in [4.78, 5) is 15.0. The van der Waals surface area contributed by atoms with Gasteiger partial charge in [0.05, 0.1) is 5.56 Å². The Bertz CT molecular complexity index is 800. The van der Waals surface area contributed by atoms with Crippen molar-refractivity contribution in [1.82, 2.24) is 10.2 Å². The van der Waals surface area contributed by atoms with E-state index in [1.54, 1.807) is 13.2 Å². The first-order valence-electron chi connectivity index (χ1n) is 8.20. The minimum atomic E-state index is -0.00370. The van der Waals surface area contributed by atoms with Crippen LogP contribution < -0.4 is 5.32 Å². The molecule has 2 saturated heterocycles. The third-order valence-corrected chi connectivity index (χ3v) is 4.90. The molecule has 0 aliphatic carbocycles. The maximum absolute atomic E-state index is 12.6. The number of carbonyl (C=O) groups is 1. The maximum atomic E-state index is 12.6. The van der Waals surface area contributed by atoms with Crippen LogP contribution in [0.1, 0.15) is 35.7 Å². The highest BCUT2D eigenvalue weighted by Crippen LogP contribution is 2.27. The minimum absolute atomic E-state index is 0.00370. The van der Waals surface area contributed by atoms with Crippen molar-refractivity contribution in [2.24, 2.45) is 5.92 Å². The fourth-order valence-corrected chi connectivity index (χ4v) is 3.83. The van der Waals surface area contributed by atoms with Gasteiger partial charge in [0, 0.05) is 30.1 Å². The van der Waals surface area contributed by atoms with Crippen LogP contribution in [-0.2, 0) is 0 Å². The van der Waals surface area contributed by atoms with Crippen LogP contribution in [0.2, 0.25) is 0 Å². The molecule has 3 heterocycles. The zero-order valence-electron chi connectivity index (χ0n) is 13.3. The van der Waals surface area contributed by atoms with E-state index in [2.05, 4.69) is 22.1 Å². The van der Waals surface area contributed by atoms with E-state index in [0.717, 1.165) is 35.4 Å². The van der Waals surface area contributed by atoms with Crippen molar-refractivity contribution in [3.05, 3.63) is 35.6 Å². The van der Waals surface area contributed by atoms with Gasteiger partial charge in [0.25, 0.3) is 5.91 Å². The molecule has 4 nitrogen and oxygen atoms in total. The van der Waals surface area contributed by atoms with E-state index in [1.807, 2.05) is 18.2 Å². The first-order valence-corrected chi connectivity index (χ1v) is 8.20. The summed E-state index contributed by atoms with van der Waals surface area (Å²) in [5, 5.41) is 4.10. The van der Waals surface area contributed by atoms with Crippen molar-refractivity contribution in [2.45, 2.75) is 25.8 Å². The lowest BCUT2D eigenvalue weighted by Crippen LogP contribution is -2.47. The monoisotopic (exact) mass is 308 g/mol. The average molecular weight is 308 g/mol. The number of rotatable bonds is 2. The lowest BCUT2D eigenvalue weighted by Gasteiger charge is -2.30. The predicted molar refractivity (Wildman–Crippen MR) is 89.2 cm³/mol. The molecule has 1 unspecified atom stereocenters. The zero-order valence-corrected chi connectivity index (χ0v) is 13.3. The van der Waals surface area contributed by atoms with E-state index in [0.29, 0.717) is 5.56 Å². The molecule has 2 aromatic rings. The third-order valence-electron chi connectivity index (χ3n) is 4.90. The molecule has 2 aliphatic heterocycles. The molecule has 4 heteroatoms. The second-order valence-corrected chi connectivity index (χ2v) is 6.56. The molecule has 0 spiro atoms. The lowest BCUT2D eigenvalue weighted by atomic mass is 9.96. The lowest BCUT2D eigenvalue weighted by molar-refractivity contribution is 0.0909. The van der Waals surface area contributed by atoms with Crippen LogP contribution in [0.3, 0.4) is 0 Å². The molecule has 4 rings (SSSR count). The summed E-state index contributed by atoms with van der Waals surface area (Å²) in [7, 11) is 0. The van der Waals surface area contributed by atoms with Crippen molar-refractivity contribution in [2.75, 3.05) is 19.6 Å². The van der Waals surface area contributed by atoms with E-state index < -0.39 is 0 Å². The average Bonchev–Trinajstić information content (AvgIpc) is 3.10. The summed E-state index contributed by atoms with van der Waals surface area (Å²) < 4.78 is 5.48. The molecule has 1 N–H and O–H groups in total. The highest BCUT2D eigenvalue weighted by molar-refractivity contribution is 5.99. The summed E-state index contributed by atoms with van der Waals surface area (Å²) in [5.41, 5.74) is 2.27. The van der Waals surface area contributed by atoms with E-state index in [-0.39, 0.29) is 11.9 Å². The van der Waals surface area contributed by atoms with Crippen molar-refractivity contribution in [1.29, 1.82) is 0 Å². The molecule has 0 radical (unpaired) electrons. The molecule has 3 atom stereocenters. The molecule has 118 valence electrons. The Morgan fingerprint density at radius 2 is 2.30 bits per heavy atom. The number of furan rings is 1. The van der Waals surface area contributed by atoms with Gasteiger partial charge in [-0.25, -0.2) is 0 Å². The molecular formula is C19H20N2O2. The summed E-state index contributed by atoms with van der Waals surface area (Å²) in [6.07, 6.45) is 4.02. The predicted octanol–water partition coefficient (Wildman–Crippen LogP) is 2.63. The molecular weight excluding hydrogens is 288 g/mol. The number of nitrogens with one attached hydrogen (secondary N) is 1. The summed E-state index contributed by atoms with van der Waals surface area (Å²) in [6.45, 7) is 5.15. The molecule has 2 fully saturated rings. The quantitative estimate of drug-likeness (QED) is 0.868. The van der Waals surface area contributed by atoms with Gasteiger partial charge in [-0.2, -0.15) is 0 Å². The number of hydrogen-bond acceptors (Lipinski definition) is 3. The van der Waals surface area contributed by atoms with Crippen LogP contribution >= 0.6 is 0 Å². The fraction of sp³-hybridized carbons (Fsp3) is 0.421. The number of carbonyl (C=O) groups excluding carboxylic acids is 1. The van der Waals surface area contributed by atoms with Gasteiger partial charge in [-0.05, 0) is 50.4 Å². The van der Waals surface area contributed by atoms with Gasteiger partial charge in [-0.3, -0.25) is 4.79 Å². The molecule has 0 saturated carbocycles. The van der Waals surface area contributed by atoms with Gasteiger partial charge in [0.1, 0.15) is 11.8 Å². The van der Waals surface area contributed by atoms with Gasteiger partial charge in [0.2, 0.25) is 0 Å². The zero-order chi connectivity index (χ0) is 15.8. The standard InChI is InChI=1S/C19H20N2O2/c1-2-3-15-12-23-18-5-4-14(9-17(15)18)19(22)20-16-8-13-6-7-21(10-13)11-16/h4-5,9,12-13,16H,6-8,10-11H2,1H3,(H,20,22)/t13-,16-/m1/s1. The molecule has 2 aliphatic rings. The smallest absolute Gasteiger partial charge is 0.251 e. The van der Waals surface area contributed by atoms with E-state index in [9.17, 15) is 4.79 Å². The Kier molecular flexibility index (Phi) is 3.59. The maximum Gasteiger partial charge on any atom is 0.251 e. The Labute approximate surface area is 135 Å². The third kappa shape index (κ3) is 2.73. The summed E-state index contributed by atoms with van der Waals surface area (Å²) in [6, 6.07) is 5.81. The van der Waals surface area contributed by atoms with E-state index in [4.69, 9.17) is 4.42 Å². The highest BCUT2D eigenvalue weighted by atomic mass is 16.3. The normalized spacial score (nSPS) is 25.9. The molecule has 2 bridgehead atoms. The van der Waals surface area contributed by atoms with Gasteiger partial charge in [-0.15, -0.1) is 5.92 Å². The number of nitrogens with zero attached hydrogens (tertiary/aromatic N) is 1. The first kappa shape index (κ1) is 14.3. The van der Waals surface area contributed by atoms with Crippen LogP contribution in [0, 0.1) is 17.8 Å². The van der Waals surface area contributed by atoms with Gasteiger partial charge in [-0.1, -0.05) is 5.92 Å².